The molecule has 7 nitrogen and oxygen atoms in total. The van der Waals surface area contributed by atoms with E-state index in [4.69, 9.17) is 5.73 Å². The summed E-state index contributed by atoms with van der Waals surface area (Å²) in [6.07, 6.45) is 2.01. The number of amides is 1. The third-order valence-corrected chi connectivity index (χ3v) is 2.89. The van der Waals surface area contributed by atoms with Crippen LogP contribution in [0.25, 0.3) is 0 Å². The lowest BCUT2D eigenvalue weighted by Gasteiger charge is -2.15. The van der Waals surface area contributed by atoms with Crippen LogP contribution in [0.1, 0.15) is 16.9 Å². The number of hydrogen-bond acceptors (Lipinski definition) is 5. The lowest BCUT2D eigenvalue weighted by atomic mass is 10.1. The number of nitrogens with zero attached hydrogens (tertiary/aromatic N) is 2. The molecular weight excluding hydrogens is 224 g/mol. The monoisotopic (exact) mass is 238 g/mol. The topological polar surface area (TPSA) is 101 Å². The number of hydrogen-bond donors (Lipinski definition) is 2. The molecule has 0 bridgehead atoms. The second-order valence-electron chi connectivity index (χ2n) is 3.96. The molecular formula is C10H14N4O3. The molecule has 0 radical (unpaired) electrons. The Morgan fingerprint density at radius 3 is 3.00 bits per heavy atom. The minimum absolute atomic E-state index is 0.230. The number of anilines is 1. The summed E-state index contributed by atoms with van der Waals surface area (Å²) in [7, 11) is 1.35. The molecule has 92 valence electrons. The van der Waals surface area contributed by atoms with Crippen LogP contribution in [-0.4, -0.2) is 47.2 Å². The maximum atomic E-state index is 12.0. The average molecular weight is 238 g/mol. The number of carbonyl (C=O) groups excluding carboxylic acids is 2. The zero-order valence-corrected chi connectivity index (χ0v) is 9.47. The van der Waals surface area contributed by atoms with E-state index in [2.05, 4.69) is 14.9 Å². The minimum Gasteiger partial charge on any atom is -0.469 e. The molecule has 1 aliphatic rings. The summed E-state index contributed by atoms with van der Waals surface area (Å²) in [6.45, 7) is 0.890. The Morgan fingerprint density at radius 2 is 2.41 bits per heavy atom. The summed E-state index contributed by atoms with van der Waals surface area (Å²) >= 11 is 0. The van der Waals surface area contributed by atoms with Crippen LogP contribution in [0.3, 0.4) is 0 Å². The molecule has 2 heterocycles. The minimum atomic E-state index is -0.280. The third-order valence-electron chi connectivity index (χ3n) is 2.89. The molecule has 1 atom stereocenters. The predicted molar refractivity (Wildman–Crippen MR) is 59.0 cm³/mol. The van der Waals surface area contributed by atoms with Crippen molar-refractivity contribution in [2.45, 2.75) is 6.42 Å². The molecule has 17 heavy (non-hydrogen) atoms. The second kappa shape index (κ2) is 4.44. The number of ether oxygens (including phenoxy) is 1. The lowest BCUT2D eigenvalue weighted by Crippen LogP contribution is -2.31. The Labute approximate surface area is 97.9 Å². The van der Waals surface area contributed by atoms with Crippen molar-refractivity contribution in [3.8, 4) is 0 Å². The summed E-state index contributed by atoms with van der Waals surface area (Å²) in [5.74, 6) is -0.752. The van der Waals surface area contributed by atoms with Crippen molar-refractivity contribution in [3.63, 3.8) is 0 Å². The molecule has 0 spiro atoms. The van der Waals surface area contributed by atoms with Crippen LogP contribution in [0.5, 0.6) is 0 Å². The molecule has 1 unspecified atom stereocenters. The van der Waals surface area contributed by atoms with E-state index in [1.54, 1.807) is 4.90 Å². The molecule has 3 N–H and O–H groups in total. The highest BCUT2D eigenvalue weighted by atomic mass is 16.5. The van der Waals surface area contributed by atoms with Gasteiger partial charge in [0.2, 0.25) is 0 Å². The Bertz CT molecular complexity index is 443. The van der Waals surface area contributed by atoms with Gasteiger partial charge < -0.3 is 15.4 Å². The van der Waals surface area contributed by atoms with Crippen LogP contribution in [-0.2, 0) is 9.53 Å². The highest BCUT2D eigenvalue weighted by Gasteiger charge is 2.33. The Kier molecular flexibility index (Phi) is 2.99. The predicted octanol–water partition coefficient (Wildman–Crippen LogP) is -0.373. The van der Waals surface area contributed by atoms with E-state index in [-0.39, 0.29) is 23.5 Å². The maximum Gasteiger partial charge on any atom is 0.310 e. The molecule has 1 saturated heterocycles. The van der Waals surface area contributed by atoms with Gasteiger partial charge in [0.05, 0.1) is 24.9 Å². The van der Waals surface area contributed by atoms with Crippen LogP contribution >= 0.6 is 0 Å². The number of methoxy groups -OCH3 is 1. The van der Waals surface area contributed by atoms with Crippen LogP contribution < -0.4 is 5.73 Å². The number of rotatable bonds is 2. The van der Waals surface area contributed by atoms with Crippen LogP contribution in [0, 0.1) is 5.92 Å². The van der Waals surface area contributed by atoms with Crippen LogP contribution in [0.4, 0.5) is 5.69 Å². The quantitative estimate of drug-likeness (QED) is 0.684. The number of aromatic nitrogens is 2. The van der Waals surface area contributed by atoms with E-state index < -0.39 is 0 Å². The van der Waals surface area contributed by atoms with Crippen LogP contribution in [0.15, 0.2) is 6.20 Å². The number of H-pyrrole nitrogens is 1. The summed E-state index contributed by atoms with van der Waals surface area (Å²) in [5, 5.41) is 6.25. The summed E-state index contributed by atoms with van der Waals surface area (Å²) in [4.78, 5) is 24.9. The SMILES string of the molecule is COC(=O)C1CCN(C(=O)c2[nH]ncc2N)C1. The molecule has 0 aliphatic carbocycles. The fraction of sp³-hybridized carbons (Fsp3) is 0.500. The first-order valence-electron chi connectivity index (χ1n) is 5.29. The lowest BCUT2D eigenvalue weighted by molar-refractivity contribution is -0.144. The molecule has 1 amide bonds. The van der Waals surface area contributed by atoms with Crippen molar-refractivity contribution >= 4 is 17.6 Å². The Balaban J connectivity index is 2.04. The van der Waals surface area contributed by atoms with E-state index in [1.807, 2.05) is 0 Å². The van der Waals surface area contributed by atoms with Crippen molar-refractivity contribution in [3.05, 3.63) is 11.9 Å². The van der Waals surface area contributed by atoms with Crippen molar-refractivity contribution in [2.75, 3.05) is 25.9 Å². The zero-order valence-electron chi connectivity index (χ0n) is 9.47. The van der Waals surface area contributed by atoms with Gasteiger partial charge in [-0.1, -0.05) is 0 Å². The second-order valence-corrected chi connectivity index (χ2v) is 3.96. The first-order chi connectivity index (χ1) is 8.13. The van der Waals surface area contributed by atoms with Gasteiger partial charge in [-0.2, -0.15) is 5.10 Å². The molecule has 7 heteroatoms. The van der Waals surface area contributed by atoms with Gasteiger partial charge in [-0.25, -0.2) is 0 Å². The zero-order chi connectivity index (χ0) is 12.4. The van der Waals surface area contributed by atoms with Crippen molar-refractivity contribution in [1.82, 2.24) is 15.1 Å². The smallest absolute Gasteiger partial charge is 0.310 e. The van der Waals surface area contributed by atoms with E-state index in [1.165, 1.54) is 13.3 Å². The summed E-state index contributed by atoms with van der Waals surface area (Å²) < 4.78 is 4.65. The average Bonchev–Trinajstić information content (AvgIpc) is 2.95. The van der Waals surface area contributed by atoms with Gasteiger partial charge in [-0.3, -0.25) is 14.7 Å². The number of esters is 1. The fourth-order valence-corrected chi connectivity index (χ4v) is 1.93. The van der Waals surface area contributed by atoms with Gasteiger partial charge in [-0.05, 0) is 6.42 Å². The van der Waals surface area contributed by atoms with E-state index in [9.17, 15) is 9.59 Å². The van der Waals surface area contributed by atoms with Crippen LogP contribution in [0.2, 0.25) is 0 Å². The third kappa shape index (κ3) is 2.08. The van der Waals surface area contributed by atoms with E-state index in [0.29, 0.717) is 25.2 Å². The first-order valence-corrected chi connectivity index (χ1v) is 5.29. The van der Waals surface area contributed by atoms with E-state index in [0.717, 1.165) is 0 Å². The Morgan fingerprint density at radius 1 is 1.65 bits per heavy atom. The summed E-state index contributed by atoms with van der Waals surface area (Å²) in [5.41, 5.74) is 6.19. The number of nitrogens with one attached hydrogen (secondary N) is 1. The van der Waals surface area contributed by atoms with Gasteiger partial charge in [0.1, 0.15) is 5.69 Å². The molecule has 2 rings (SSSR count). The molecule has 0 saturated carbocycles. The Hall–Kier alpha value is -2.05. The van der Waals surface area contributed by atoms with Gasteiger partial charge >= 0.3 is 5.97 Å². The summed E-state index contributed by atoms with van der Waals surface area (Å²) in [6, 6.07) is 0. The van der Waals surface area contributed by atoms with E-state index >= 15 is 0 Å². The maximum absolute atomic E-state index is 12.0. The normalized spacial score (nSPS) is 19.4. The van der Waals surface area contributed by atoms with Gasteiger partial charge in [0.15, 0.2) is 0 Å². The highest BCUT2D eigenvalue weighted by molar-refractivity contribution is 5.97. The first kappa shape index (κ1) is 11.4. The number of nitrogens with two attached hydrogens (primary N) is 1. The molecule has 0 aromatic carbocycles. The number of likely N-dealkylation sites (tertiary alicyclic amines) is 1. The van der Waals surface area contributed by atoms with Gasteiger partial charge in [0, 0.05) is 13.1 Å². The van der Waals surface area contributed by atoms with Crippen molar-refractivity contribution in [2.24, 2.45) is 5.92 Å². The number of aromatic amines is 1. The van der Waals surface area contributed by atoms with Crippen molar-refractivity contribution < 1.29 is 14.3 Å². The van der Waals surface area contributed by atoms with Gasteiger partial charge in [-0.15, -0.1) is 0 Å². The highest BCUT2D eigenvalue weighted by Crippen LogP contribution is 2.20. The van der Waals surface area contributed by atoms with Crippen molar-refractivity contribution in [1.29, 1.82) is 0 Å². The number of carbonyl (C=O) groups is 2. The molecule has 1 aliphatic heterocycles. The van der Waals surface area contributed by atoms with Gasteiger partial charge in [0.25, 0.3) is 5.91 Å². The molecule has 1 fully saturated rings. The fourth-order valence-electron chi connectivity index (χ4n) is 1.93. The number of nitrogen functional groups attached to an aromatic ring is 1. The molecule has 1 aromatic rings. The molecule has 1 aromatic heterocycles. The standard InChI is InChI=1S/C10H14N4O3/c1-17-10(16)6-2-3-14(5-6)9(15)8-7(11)4-12-13-8/h4,6H,2-3,5,11H2,1H3,(H,12,13). The largest absolute Gasteiger partial charge is 0.469 e.